The van der Waals surface area contributed by atoms with Crippen molar-refractivity contribution in [2.24, 2.45) is 5.41 Å². The van der Waals surface area contributed by atoms with Crippen molar-refractivity contribution in [2.45, 2.75) is 39.4 Å². The highest BCUT2D eigenvalue weighted by Gasteiger charge is 2.47. The second-order valence-corrected chi connectivity index (χ2v) is 10.1. The Balaban J connectivity index is 5.57. The van der Waals surface area contributed by atoms with Gasteiger partial charge < -0.3 is 9.47 Å². The third-order valence-electron chi connectivity index (χ3n) is 2.57. The van der Waals surface area contributed by atoms with Crippen molar-refractivity contribution in [3.63, 3.8) is 0 Å². The van der Waals surface area contributed by atoms with Crippen molar-refractivity contribution in [3.8, 4) is 23.3 Å². The molecule has 0 atom stereocenters. The minimum atomic E-state index is -1.58. The zero-order valence-electron chi connectivity index (χ0n) is 13.0. The number of rotatable bonds is 4. The Morgan fingerprint density at radius 2 is 1.45 bits per heavy atom. The predicted molar refractivity (Wildman–Crippen MR) is 80.3 cm³/mol. The summed E-state index contributed by atoms with van der Waals surface area (Å²) in [5.41, 5.74) is 1.68. The van der Waals surface area contributed by atoms with Crippen LogP contribution in [-0.4, -0.2) is 34.2 Å². The maximum absolute atomic E-state index is 12.0. The fourth-order valence-corrected chi connectivity index (χ4v) is 2.14. The van der Waals surface area contributed by atoms with E-state index in [9.17, 15) is 9.59 Å². The first-order valence-electron chi connectivity index (χ1n) is 6.30. The predicted octanol–water partition coefficient (Wildman–Crippen LogP) is 2.00. The normalized spacial score (nSPS) is 10.5. The van der Waals surface area contributed by atoms with Crippen LogP contribution in [0, 0.1) is 28.7 Å². The lowest BCUT2D eigenvalue weighted by molar-refractivity contribution is -0.168. The van der Waals surface area contributed by atoms with Crippen molar-refractivity contribution in [2.75, 3.05) is 14.2 Å². The van der Waals surface area contributed by atoms with Gasteiger partial charge in [-0.05, 0) is 6.92 Å². The van der Waals surface area contributed by atoms with Gasteiger partial charge >= 0.3 is 11.9 Å². The second-order valence-electron chi connectivity index (χ2n) is 5.40. The van der Waals surface area contributed by atoms with Gasteiger partial charge in [-0.2, -0.15) is 0 Å². The molecule has 0 aromatic heterocycles. The molecule has 5 heteroatoms. The van der Waals surface area contributed by atoms with Crippen LogP contribution in [0.15, 0.2) is 0 Å². The van der Waals surface area contributed by atoms with E-state index in [1.807, 2.05) is 0 Å². The molecule has 0 bridgehead atoms. The van der Waals surface area contributed by atoms with Crippen LogP contribution in [0.3, 0.4) is 0 Å². The highest BCUT2D eigenvalue weighted by molar-refractivity contribution is 6.83. The molecule has 0 saturated heterocycles. The molecule has 0 heterocycles. The molecule has 0 spiro atoms. The van der Waals surface area contributed by atoms with Crippen LogP contribution in [0.1, 0.15) is 19.8 Å². The number of hydrogen-bond donors (Lipinski definition) is 0. The molecule has 0 fully saturated rings. The number of methoxy groups -OCH3 is 2. The van der Waals surface area contributed by atoms with Crippen LogP contribution >= 0.6 is 0 Å². The van der Waals surface area contributed by atoms with Gasteiger partial charge in [0, 0.05) is 12.8 Å². The summed E-state index contributed by atoms with van der Waals surface area (Å²) in [6, 6.07) is 0. The maximum atomic E-state index is 12.0. The Morgan fingerprint density at radius 3 is 1.80 bits per heavy atom. The summed E-state index contributed by atoms with van der Waals surface area (Å²) < 4.78 is 9.51. The van der Waals surface area contributed by atoms with Gasteiger partial charge in [-0.3, -0.25) is 9.59 Å². The van der Waals surface area contributed by atoms with Gasteiger partial charge in [-0.1, -0.05) is 19.6 Å². The Hall–Kier alpha value is -1.72. The van der Waals surface area contributed by atoms with E-state index < -0.39 is 25.4 Å². The summed E-state index contributed by atoms with van der Waals surface area (Å²) in [6.45, 7) is 7.91. The van der Waals surface area contributed by atoms with Crippen LogP contribution < -0.4 is 0 Å². The molecule has 0 aliphatic rings. The average Bonchev–Trinajstić information content (AvgIpc) is 2.39. The van der Waals surface area contributed by atoms with Gasteiger partial charge in [-0.25, -0.2) is 0 Å². The first-order valence-corrected chi connectivity index (χ1v) is 9.80. The zero-order chi connectivity index (χ0) is 15.8. The number of carbonyl (C=O) groups excluding carboxylic acids is 2. The molecule has 0 aromatic carbocycles. The molecule has 0 unspecified atom stereocenters. The van der Waals surface area contributed by atoms with Crippen LogP contribution in [0.25, 0.3) is 0 Å². The third-order valence-corrected chi connectivity index (χ3v) is 3.50. The van der Waals surface area contributed by atoms with Gasteiger partial charge in [0.05, 0.1) is 14.2 Å². The summed E-state index contributed by atoms with van der Waals surface area (Å²) >= 11 is 0. The molecule has 0 aliphatic carbocycles. The molecular weight excluding hydrogens is 272 g/mol. The van der Waals surface area contributed by atoms with Crippen molar-refractivity contribution >= 4 is 20.0 Å². The van der Waals surface area contributed by atoms with E-state index in [4.69, 9.17) is 9.47 Å². The molecular formula is C15H22O4Si. The smallest absolute Gasteiger partial charge is 0.325 e. The largest absolute Gasteiger partial charge is 0.468 e. The Kier molecular flexibility index (Phi) is 7.10. The quantitative estimate of drug-likeness (QED) is 0.344. The fourth-order valence-electron chi connectivity index (χ4n) is 1.52. The maximum Gasteiger partial charge on any atom is 0.325 e. The van der Waals surface area contributed by atoms with Crippen molar-refractivity contribution in [1.82, 2.24) is 0 Å². The molecule has 0 radical (unpaired) electrons. The fraction of sp³-hybridized carbons (Fsp3) is 0.600. The van der Waals surface area contributed by atoms with Gasteiger partial charge in [-0.15, -0.1) is 23.3 Å². The standard InChI is InChI=1S/C15H22O4Si/c1-7-8-10-15(13(16)18-2,14(17)19-3)11-9-12-20(4,5)6/h10-11H2,1-6H3. The number of carbonyl (C=O) groups is 2. The lowest BCUT2D eigenvalue weighted by Crippen LogP contribution is -2.41. The Bertz CT molecular complexity index is 464. The van der Waals surface area contributed by atoms with E-state index in [-0.39, 0.29) is 12.8 Å². The first-order chi connectivity index (χ1) is 9.23. The minimum Gasteiger partial charge on any atom is -0.468 e. The van der Waals surface area contributed by atoms with Crippen molar-refractivity contribution in [1.29, 1.82) is 0 Å². The van der Waals surface area contributed by atoms with Gasteiger partial charge in [0.1, 0.15) is 8.07 Å². The molecule has 110 valence electrons. The summed E-state index contributed by atoms with van der Waals surface area (Å²) in [5.74, 6) is 7.08. The lowest BCUT2D eigenvalue weighted by Gasteiger charge is -2.24. The Labute approximate surface area is 122 Å². The lowest BCUT2D eigenvalue weighted by atomic mass is 9.81. The SMILES string of the molecule is CC#CCC(CC#C[Si](C)(C)C)(C(=O)OC)C(=O)OC. The number of ether oxygens (including phenoxy) is 2. The highest BCUT2D eigenvalue weighted by Crippen LogP contribution is 2.29. The van der Waals surface area contributed by atoms with Crippen LogP contribution in [-0.2, 0) is 19.1 Å². The van der Waals surface area contributed by atoms with Crippen LogP contribution in [0.2, 0.25) is 19.6 Å². The molecule has 0 amide bonds. The van der Waals surface area contributed by atoms with E-state index in [2.05, 4.69) is 42.9 Å². The van der Waals surface area contributed by atoms with Crippen molar-refractivity contribution in [3.05, 3.63) is 0 Å². The minimum absolute atomic E-state index is 0.0449. The van der Waals surface area contributed by atoms with E-state index in [0.29, 0.717) is 0 Å². The highest BCUT2D eigenvalue weighted by atomic mass is 28.3. The number of esters is 2. The molecule has 20 heavy (non-hydrogen) atoms. The van der Waals surface area contributed by atoms with Crippen molar-refractivity contribution < 1.29 is 19.1 Å². The monoisotopic (exact) mass is 294 g/mol. The molecule has 0 rings (SSSR count). The van der Waals surface area contributed by atoms with Gasteiger partial charge in [0.25, 0.3) is 0 Å². The molecule has 0 aliphatic heterocycles. The van der Waals surface area contributed by atoms with E-state index in [0.717, 1.165) is 0 Å². The summed E-state index contributed by atoms with van der Waals surface area (Å²) in [6.07, 6.45) is 0.106. The third kappa shape index (κ3) is 5.11. The van der Waals surface area contributed by atoms with E-state index in [1.54, 1.807) is 6.92 Å². The summed E-state index contributed by atoms with van der Waals surface area (Å²) in [7, 11) is 0.903. The molecule has 0 aromatic rings. The molecule has 0 saturated carbocycles. The summed E-state index contributed by atoms with van der Waals surface area (Å²) in [4.78, 5) is 24.1. The van der Waals surface area contributed by atoms with Crippen LogP contribution in [0.4, 0.5) is 0 Å². The van der Waals surface area contributed by atoms with E-state index in [1.165, 1.54) is 14.2 Å². The topological polar surface area (TPSA) is 52.6 Å². The zero-order valence-corrected chi connectivity index (χ0v) is 14.0. The average molecular weight is 294 g/mol. The van der Waals surface area contributed by atoms with Crippen LogP contribution in [0.5, 0.6) is 0 Å². The second kappa shape index (κ2) is 7.77. The summed E-state index contributed by atoms with van der Waals surface area (Å²) in [5, 5.41) is 0. The number of hydrogen-bond acceptors (Lipinski definition) is 4. The molecule has 0 N–H and O–H groups in total. The van der Waals surface area contributed by atoms with Gasteiger partial charge in [0.2, 0.25) is 0 Å². The first kappa shape index (κ1) is 18.3. The van der Waals surface area contributed by atoms with E-state index >= 15 is 0 Å². The molecule has 4 nitrogen and oxygen atoms in total. The van der Waals surface area contributed by atoms with Gasteiger partial charge in [0.15, 0.2) is 5.41 Å². The Morgan fingerprint density at radius 1 is 1.00 bits per heavy atom.